The van der Waals surface area contributed by atoms with Crippen LogP contribution < -0.4 is 10.0 Å². The van der Waals surface area contributed by atoms with Gasteiger partial charge in [-0.3, -0.25) is 4.79 Å². The first-order chi connectivity index (χ1) is 11.8. The maximum absolute atomic E-state index is 12.6. The van der Waals surface area contributed by atoms with Gasteiger partial charge in [-0.2, -0.15) is 0 Å². The van der Waals surface area contributed by atoms with E-state index in [1.54, 1.807) is 26.0 Å². The molecule has 2 aromatic rings. The topological polar surface area (TPSA) is 75.3 Å². The molecule has 134 valence electrons. The zero-order chi connectivity index (χ0) is 18.6. The van der Waals surface area contributed by atoms with Crippen molar-refractivity contribution in [3.8, 4) is 0 Å². The van der Waals surface area contributed by atoms with E-state index in [4.69, 9.17) is 11.6 Å². The molecule has 0 spiro atoms. The minimum Gasteiger partial charge on any atom is -0.345 e. The van der Waals surface area contributed by atoms with Gasteiger partial charge in [-0.1, -0.05) is 42.8 Å². The summed E-state index contributed by atoms with van der Waals surface area (Å²) >= 11 is 6.16. The highest BCUT2D eigenvalue weighted by atomic mass is 35.5. The minimum atomic E-state index is -3.62. The van der Waals surface area contributed by atoms with Crippen LogP contribution in [0.4, 0.5) is 0 Å². The van der Waals surface area contributed by atoms with Crippen LogP contribution in [0, 0.1) is 6.92 Å². The lowest BCUT2D eigenvalue weighted by molar-refractivity contribution is 0.0939. The van der Waals surface area contributed by atoms with Crippen LogP contribution in [0.1, 0.15) is 41.4 Å². The van der Waals surface area contributed by atoms with Crippen LogP contribution in [0.15, 0.2) is 47.4 Å². The van der Waals surface area contributed by atoms with E-state index in [0.29, 0.717) is 16.1 Å². The number of aryl methyl sites for hydroxylation is 1. The van der Waals surface area contributed by atoms with E-state index in [1.807, 2.05) is 25.1 Å². The molecule has 0 aromatic heterocycles. The molecule has 0 fully saturated rings. The van der Waals surface area contributed by atoms with Crippen LogP contribution in [0.2, 0.25) is 5.02 Å². The van der Waals surface area contributed by atoms with Gasteiger partial charge < -0.3 is 5.32 Å². The number of rotatable bonds is 6. The highest BCUT2D eigenvalue weighted by Gasteiger charge is 2.19. The van der Waals surface area contributed by atoms with E-state index >= 15 is 0 Å². The summed E-state index contributed by atoms with van der Waals surface area (Å²) in [5, 5.41) is 3.43. The van der Waals surface area contributed by atoms with Crippen molar-refractivity contribution in [2.24, 2.45) is 0 Å². The number of benzene rings is 2. The molecule has 0 saturated carbocycles. The third-order valence-electron chi connectivity index (χ3n) is 3.82. The second kappa shape index (κ2) is 7.99. The van der Waals surface area contributed by atoms with Crippen molar-refractivity contribution in [1.29, 1.82) is 0 Å². The summed E-state index contributed by atoms with van der Waals surface area (Å²) < 4.78 is 26.7. The number of hydrogen-bond acceptors (Lipinski definition) is 3. The van der Waals surface area contributed by atoms with Gasteiger partial charge in [0.1, 0.15) is 0 Å². The van der Waals surface area contributed by atoms with Crippen molar-refractivity contribution in [1.82, 2.24) is 10.0 Å². The van der Waals surface area contributed by atoms with E-state index in [1.165, 1.54) is 12.1 Å². The fourth-order valence-electron chi connectivity index (χ4n) is 2.46. The summed E-state index contributed by atoms with van der Waals surface area (Å²) in [6, 6.07) is 11.5. The summed E-state index contributed by atoms with van der Waals surface area (Å²) in [6.07, 6.45) is 0. The van der Waals surface area contributed by atoms with Crippen LogP contribution in [0.5, 0.6) is 0 Å². The van der Waals surface area contributed by atoms with Gasteiger partial charge in [-0.25, -0.2) is 13.1 Å². The Bertz CT molecular complexity index is 882. The summed E-state index contributed by atoms with van der Waals surface area (Å²) in [5.74, 6) is -0.349. The highest BCUT2D eigenvalue weighted by Crippen LogP contribution is 2.23. The lowest BCUT2D eigenvalue weighted by atomic mass is 10.1. The number of carbonyl (C=O) groups excluding carboxylic acids is 1. The molecule has 2 rings (SSSR count). The number of nitrogens with one attached hydrogen (secondary N) is 2. The van der Waals surface area contributed by atoms with Gasteiger partial charge in [-0.05, 0) is 43.2 Å². The Morgan fingerprint density at radius 2 is 1.88 bits per heavy atom. The summed E-state index contributed by atoms with van der Waals surface area (Å²) in [5.41, 5.74) is 1.81. The van der Waals surface area contributed by atoms with Gasteiger partial charge in [0, 0.05) is 17.1 Å². The van der Waals surface area contributed by atoms with Gasteiger partial charge in [-0.15, -0.1) is 0 Å². The lowest BCUT2D eigenvalue weighted by Gasteiger charge is -2.17. The van der Waals surface area contributed by atoms with E-state index in [9.17, 15) is 13.2 Å². The summed E-state index contributed by atoms with van der Waals surface area (Å²) in [7, 11) is -3.62. The Balaban J connectivity index is 2.29. The molecule has 0 heterocycles. The Hall–Kier alpha value is -1.89. The molecule has 0 bridgehead atoms. The minimum absolute atomic E-state index is 0.0653. The van der Waals surface area contributed by atoms with Crippen LogP contribution in [0.25, 0.3) is 0 Å². The first-order valence-electron chi connectivity index (χ1n) is 7.92. The van der Waals surface area contributed by atoms with Gasteiger partial charge >= 0.3 is 0 Å². The molecule has 0 saturated heterocycles. The molecule has 1 unspecified atom stereocenters. The molecule has 0 aliphatic carbocycles. The summed E-state index contributed by atoms with van der Waals surface area (Å²) in [6.45, 7) is 5.57. The molecule has 0 aliphatic rings. The second-order valence-corrected chi connectivity index (χ2v) is 7.87. The zero-order valence-electron chi connectivity index (χ0n) is 14.3. The first-order valence-corrected chi connectivity index (χ1v) is 9.78. The van der Waals surface area contributed by atoms with Crippen molar-refractivity contribution < 1.29 is 13.2 Å². The fraction of sp³-hybridized carbons (Fsp3) is 0.278. The largest absolute Gasteiger partial charge is 0.345 e. The average molecular weight is 381 g/mol. The molecule has 25 heavy (non-hydrogen) atoms. The molecule has 2 N–H and O–H groups in total. The van der Waals surface area contributed by atoms with E-state index in [0.717, 1.165) is 5.56 Å². The lowest BCUT2D eigenvalue weighted by Crippen LogP contribution is -2.28. The van der Waals surface area contributed by atoms with Crippen molar-refractivity contribution in [3.63, 3.8) is 0 Å². The SMILES string of the molecule is CCNS(=O)(=O)c1ccc(C)c(C(=O)NC(C)c2ccccc2Cl)c1. The van der Waals surface area contributed by atoms with Crippen LogP contribution in [-0.4, -0.2) is 20.9 Å². The normalized spacial score (nSPS) is 12.6. The number of hydrogen-bond donors (Lipinski definition) is 2. The molecule has 2 aromatic carbocycles. The molecular formula is C18H21ClN2O3S. The third kappa shape index (κ3) is 4.60. The molecule has 5 nitrogen and oxygen atoms in total. The number of carbonyl (C=O) groups is 1. The monoisotopic (exact) mass is 380 g/mol. The van der Waals surface area contributed by atoms with Crippen LogP contribution >= 0.6 is 11.6 Å². The Kier molecular flexibility index (Phi) is 6.21. The van der Waals surface area contributed by atoms with E-state index in [2.05, 4.69) is 10.0 Å². The molecule has 1 atom stereocenters. The molecule has 7 heteroatoms. The van der Waals surface area contributed by atoms with Crippen molar-refractivity contribution in [2.45, 2.75) is 31.7 Å². The van der Waals surface area contributed by atoms with Crippen LogP contribution in [-0.2, 0) is 10.0 Å². The maximum Gasteiger partial charge on any atom is 0.252 e. The number of halogens is 1. The molecule has 1 amide bonds. The van der Waals surface area contributed by atoms with Gasteiger partial charge in [0.25, 0.3) is 5.91 Å². The highest BCUT2D eigenvalue weighted by molar-refractivity contribution is 7.89. The van der Waals surface area contributed by atoms with E-state index in [-0.39, 0.29) is 23.4 Å². The van der Waals surface area contributed by atoms with Crippen molar-refractivity contribution >= 4 is 27.5 Å². The standard InChI is InChI=1S/C18H21ClN2O3S/c1-4-20-25(23,24)14-10-9-12(2)16(11-14)18(22)21-13(3)15-7-5-6-8-17(15)19/h5-11,13,20H,4H2,1-3H3,(H,21,22). The number of amides is 1. The van der Waals surface area contributed by atoms with Crippen LogP contribution in [0.3, 0.4) is 0 Å². The molecule has 0 radical (unpaired) electrons. The predicted octanol–water partition coefficient (Wildman–Crippen LogP) is 3.44. The van der Waals surface area contributed by atoms with Gasteiger partial charge in [0.15, 0.2) is 0 Å². The maximum atomic E-state index is 12.6. The van der Waals surface area contributed by atoms with Gasteiger partial charge in [0.2, 0.25) is 10.0 Å². The smallest absolute Gasteiger partial charge is 0.252 e. The Morgan fingerprint density at radius 3 is 2.52 bits per heavy atom. The molecular weight excluding hydrogens is 360 g/mol. The average Bonchev–Trinajstić information content (AvgIpc) is 2.55. The van der Waals surface area contributed by atoms with Crippen molar-refractivity contribution in [2.75, 3.05) is 6.54 Å². The fourth-order valence-corrected chi connectivity index (χ4v) is 3.83. The van der Waals surface area contributed by atoms with Gasteiger partial charge in [0.05, 0.1) is 10.9 Å². The Morgan fingerprint density at radius 1 is 1.20 bits per heavy atom. The first kappa shape index (κ1) is 19.4. The zero-order valence-corrected chi connectivity index (χ0v) is 15.9. The Labute approximate surface area is 153 Å². The quantitative estimate of drug-likeness (QED) is 0.806. The third-order valence-corrected chi connectivity index (χ3v) is 5.71. The second-order valence-electron chi connectivity index (χ2n) is 5.69. The van der Waals surface area contributed by atoms with E-state index < -0.39 is 10.0 Å². The predicted molar refractivity (Wildman–Crippen MR) is 99.4 cm³/mol. The molecule has 0 aliphatic heterocycles. The summed E-state index contributed by atoms with van der Waals surface area (Å²) in [4.78, 5) is 12.7. The van der Waals surface area contributed by atoms with Crippen molar-refractivity contribution in [3.05, 3.63) is 64.2 Å². The number of sulfonamides is 1.